The summed E-state index contributed by atoms with van der Waals surface area (Å²) in [4.78, 5) is 0. The van der Waals surface area contributed by atoms with Gasteiger partial charge in [0, 0.05) is 0 Å². The van der Waals surface area contributed by atoms with Crippen molar-refractivity contribution in [2.45, 2.75) is 46.0 Å². The highest BCUT2D eigenvalue weighted by molar-refractivity contribution is 5.15. The molecule has 0 aliphatic rings. The van der Waals surface area contributed by atoms with Gasteiger partial charge in [0.25, 0.3) is 0 Å². The van der Waals surface area contributed by atoms with Gasteiger partial charge in [-0.1, -0.05) is 69.9 Å². The van der Waals surface area contributed by atoms with Gasteiger partial charge < -0.3 is 0 Å². The molecule has 21 heavy (non-hydrogen) atoms. The molecule has 1 atom stereocenters. The van der Waals surface area contributed by atoms with Gasteiger partial charge in [0.15, 0.2) is 7.14 Å². The van der Waals surface area contributed by atoms with E-state index < -0.39 is 0 Å². The predicted molar refractivity (Wildman–Crippen MR) is 87.3 cm³/mol. The van der Waals surface area contributed by atoms with E-state index in [2.05, 4.69) is 68.4 Å². The van der Waals surface area contributed by atoms with Crippen LogP contribution in [0.25, 0.3) is 0 Å². The standard InChI is InChI=1S/C20H26I/c1-3-5-9-17(4-2)16-18-12-14-20(15-13-18)21-19-10-7-6-8-11-19/h6-8,10-15,17H,3-5,9,16H2,1-2H3/q+1. The lowest BCUT2D eigenvalue weighted by molar-refractivity contribution is -0.597. The van der Waals surface area contributed by atoms with Crippen molar-refractivity contribution < 1.29 is 21.2 Å². The summed E-state index contributed by atoms with van der Waals surface area (Å²) in [7, 11) is 0. The van der Waals surface area contributed by atoms with E-state index in [0.29, 0.717) is 0 Å². The average Bonchev–Trinajstić information content (AvgIpc) is 2.54. The molecular formula is C20H26I+. The lowest BCUT2D eigenvalue weighted by Gasteiger charge is -2.14. The highest BCUT2D eigenvalue weighted by Crippen LogP contribution is 2.18. The van der Waals surface area contributed by atoms with Gasteiger partial charge >= 0.3 is 21.2 Å². The molecule has 2 aromatic rings. The quantitative estimate of drug-likeness (QED) is 0.605. The molecule has 1 heteroatoms. The van der Waals surface area contributed by atoms with Gasteiger partial charge in [-0.3, -0.25) is 0 Å². The maximum Gasteiger partial charge on any atom is 0.357 e. The van der Waals surface area contributed by atoms with Crippen LogP contribution in [0.5, 0.6) is 0 Å². The van der Waals surface area contributed by atoms with Gasteiger partial charge in [0.1, 0.15) is 0 Å². The van der Waals surface area contributed by atoms with E-state index in [9.17, 15) is 0 Å². The maximum absolute atomic E-state index is 2.35. The number of benzene rings is 2. The lowest BCUT2D eigenvalue weighted by Crippen LogP contribution is -3.61. The van der Waals surface area contributed by atoms with Crippen molar-refractivity contribution >= 4 is 0 Å². The van der Waals surface area contributed by atoms with Crippen LogP contribution in [0.1, 0.15) is 45.1 Å². The third-order valence-electron chi connectivity index (χ3n) is 3.93. The van der Waals surface area contributed by atoms with Gasteiger partial charge in [-0.15, -0.1) is 0 Å². The predicted octanol–water partition coefficient (Wildman–Crippen LogP) is 2.57. The van der Waals surface area contributed by atoms with Crippen LogP contribution in [0.15, 0.2) is 54.6 Å². The largest absolute Gasteiger partial charge is 0.357 e. The molecule has 0 radical (unpaired) electrons. The highest BCUT2D eigenvalue weighted by Gasteiger charge is 2.15. The normalized spacial score (nSPS) is 12.3. The molecule has 0 N–H and O–H groups in total. The molecule has 0 aliphatic carbocycles. The Morgan fingerprint density at radius 2 is 1.52 bits per heavy atom. The van der Waals surface area contributed by atoms with Gasteiger partial charge in [0.05, 0.1) is 0 Å². The SMILES string of the molecule is CCCCC(CC)Cc1ccc([I+]c2ccccc2)cc1. The lowest BCUT2D eigenvalue weighted by atomic mass is 9.92. The first-order chi connectivity index (χ1) is 10.3. The van der Waals surface area contributed by atoms with Crippen molar-refractivity contribution in [3.8, 4) is 0 Å². The second-order valence-electron chi connectivity index (χ2n) is 5.64. The number of rotatable bonds is 8. The number of hydrogen-bond acceptors (Lipinski definition) is 0. The van der Waals surface area contributed by atoms with E-state index in [-0.39, 0.29) is 21.2 Å². The minimum atomic E-state index is -0.0187. The van der Waals surface area contributed by atoms with Crippen LogP contribution in [-0.4, -0.2) is 0 Å². The first kappa shape index (κ1) is 16.5. The van der Waals surface area contributed by atoms with Crippen molar-refractivity contribution in [1.29, 1.82) is 0 Å². The Hall–Kier alpha value is -0.830. The van der Waals surface area contributed by atoms with Gasteiger partial charge in [-0.25, -0.2) is 0 Å². The van der Waals surface area contributed by atoms with E-state index in [1.54, 1.807) is 0 Å². The van der Waals surface area contributed by atoms with Crippen LogP contribution in [0.3, 0.4) is 0 Å². The monoisotopic (exact) mass is 393 g/mol. The molecule has 2 aromatic carbocycles. The molecule has 112 valence electrons. The van der Waals surface area contributed by atoms with Crippen molar-refractivity contribution in [2.24, 2.45) is 5.92 Å². The molecular weight excluding hydrogens is 367 g/mol. The van der Waals surface area contributed by atoms with Crippen molar-refractivity contribution in [2.75, 3.05) is 0 Å². The minimum Gasteiger partial charge on any atom is -0.0654 e. The van der Waals surface area contributed by atoms with Crippen LogP contribution < -0.4 is 21.2 Å². The summed E-state index contributed by atoms with van der Waals surface area (Å²) in [6, 6.07) is 20.3. The first-order valence-corrected chi connectivity index (χ1v) is 10.3. The Morgan fingerprint density at radius 3 is 2.14 bits per heavy atom. The molecule has 0 fully saturated rings. The van der Waals surface area contributed by atoms with Crippen molar-refractivity contribution in [1.82, 2.24) is 0 Å². The molecule has 0 nitrogen and oxygen atoms in total. The van der Waals surface area contributed by atoms with E-state index in [0.717, 1.165) is 5.92 Å². The first-order valence-electron chi connectivity index (χ1n) is 8.10. The second kappa shape index (κ2) is 9.24. The van der Waals surface area contributed by atoms with Gasteiger partial charge in [0.2, 0.25) is 0 Å². The fraction of sp³-hybridized carbons (Fsp3) is 0.400. The Bertz CT molecular complexity index is 501. The number of halogens is 1. The maximum atomic E-state index is 2.35. The zero-order chi connectivity index (χ0) is 14.9. The summed E-state index contributed by atoms with van der Waals surface area (Å²) < 4.78 is 3.02. The summed E-state index contributed by atoms with van der Waals surface area (Å²) in [6.45, 7) is 4.62. The third-order valence-corrected chi connectivity index (χ3v) is 6.62. The van der Waals surface area contributed by atoms with Gasteiger partial charge in [-0.05, 0) is 42.2 Å². The Labute approximate surface area is 140 Å². The van der Waals surface area contributed by atoms with Crippen LogP contribution in [0.4, 0.5) is 0 Å². The molecule has 2 rings (SSSR count). The Balaban J connectivity index is 1.92. The fourth-order valence-corrected chi connectivity index (χ4v) is 4.78. The van der Waals surface area contributed by atoms with Crippen LogP contribution in [0.2, 0.25) is 0 Å². The fourth-order valence-electron chi connectivity index (χ4n) is 2.56. The average molecular weight is 393 g/mol. The highest BCUT2D eigenvalue weighted by atomic mass is 127. The zero-order valence-electron chi connectivity index (χ0n) is 13.2. The molecule has 0 saturated carbocycles. The summed E-state index contributed by atoms with van der Waals surface area (Å²) in [5.41, 5.74) is 1.51. The van der Waals surface area contributed by atoms with Crippen LogP contribution in [-0.2, 0) is 6.42 Å². The Morgan fingerprint density at radius 1 is 0.857 bits per heavy atom. The molecule has 1 unspecified atom stereocenters. The summed E-state index contributed by atoms with van der Waals surface area (Å²) in [5, 5.41) is 0. The van der Waals surface area contributed by atoms with E-state index in [1.807, 2.05) is 0 Å². The van der Waals surface area contributed by atoms with E-state index >= 15 is 0 Å². The smallest absolute Gasteiger partial charge is 0.0654 e. The summed E-state index contributed by atoms with van der Waals surface area (Å²) in [6.07, 6.45) is 6.62. The second-order valence-corrected chi connectivity index (χ2v) is 8.67. The van der Waals surface area contributed by atoms with E-state index in [4.69, 9.17) is 0 Å². The minimum absolute atomic E-state index is 0.0187. The van der Waals surface area contributed by atoms with Gasteiger partial charge in [-0.2, -0.15) is 0 Å². The van der Waals surface area contributed by atoms with Crippen LogP contribution in [0, 0.1) is 13.1 Å². The Kier molecular flexibility index (Phi) is 7.28. The summed E-state index contributed by atoms with van der Waals surface area (Å²) >= 11 is -0.0187. The topological polar surface area (TPSA) is 0 Å². The zero-order valence-corrected chi connectivity index (χ0v) is 15.3. The molecule has 0 heterocycles. The number of hydrogen-bond donors (Lipinski definition) is 0. The number of unbranched alkanes of at least 4 members (excludes halogenated alkanes) is 1. The van der Waals surface area contributed by atoms with Crippen LogP contribution >= 0.6 is 0 Å². The third kappa shape index (κ3) is 5.82. The van der Waals surface area contributed by atoms with Crippen molar-refractivity contribution in [3.05, 3.63) is 67.3 Å². The molecule has 0 aliphatic heterocycles. The molecule has 0 spiro atoms. The summed E-state index contributed by atoms with van der Waals surface area (Å²) in [5.74, 6) is 0.861. The molecule has 0 aromatic heterocycles. The molecule has 0 amide bonds. The van der Waals surface area contributed by atoms with Crippen molar-refractivity contribution in [3.63, 3.8) is 0 Å². The molecule has 0 bridgehead atoms. The molecule has 0 saturated heterocycles. The van der Waals surface area contributed by atoms with E-state index in [1.165, 1.54) is 44.8 Å².